The molecule has 1 aliphatic rings. The van der Waals surface area contributed by atoms with Crippen LogP contribution in [0.4, 0.5) is 5.13 Å². The van der Waals surface area contributed by atoms with E-state index in [0.29, 0.717) is 11.7 Å². The van der Waals surface area contributed by atoms with E-state index < -0.39 is 0 Å². The molecule has 0 aliphatic heterocycles. The van der Waals surface area contributed by atoms with Gasteiger partial charge in [-0.05, 0) is 30.9 Å². The van der Waals surface area contributed by atoms with Crippen LogP contribution in [0.1, 0.15) is 42.5 Å². The van der Waals surface area contributed by atoms with Gasteiger partial charge in [-0.1, -0.05) is 25.7 Å². The van der Waals surface area contributed by atoms with Crippen LogP contribution in [-0.2, 0) is 13.0 Å². The quantitative estimate of drug-likeness (QED) is 0.779. The normalized spacial score (nSPS) is 14.8. The second kappa shape index (κ2) is 8.06. The lowest BCUT2D eigenvalue weighted by Gasteiger charge is -2.14. The molecule has 1 fully saturated rings. The number of benzene rings is 1. The van der Waals surface area contributed by atoms with Gasteiger partial charge in [0.05, 0.1) is 19.9 Å². The van der Waals surface area contributed by atoms with Crippen molar-refractivity contribution in [1.82, 2.24) is 4.98 Å². The minimum atomic E-state index is 0.396. The van der Waals surface area contributed by atoms with E-state index in [9.17, 15) is 0 Å². The van der Waals surface area contributed by atoms with Crippen LogP contribution >= 0.6 is 11.3 Å². The van der Waals surface area contributed by atoms with E-state index in [0.717, 1.165) is 40.7 Å². The summed E-state index contributed by atoms with van der Waals surface area (Å²) in [6.45, 7) is 0.396. The molecule has 3 rings (SSSR count). The van der Waals surface area contributed by atoms with Crippen LogP contribution in [-0.4, -0.2) is 19.2 Å². The molecule has 4 N–H and O–H groups in total. The van der Waals surface area contributed by atoms with Crippen molar-refractivity contribution in [3.8, 4) is 22.8 Å². The van der Waals surface area contributed by atoms with E-state index in [4.69, 9.17) is 20.9 Å². The molecule has 136 valence electrons. The zero-order chi connectivity index (χ0) is 17.8. The van der Waals surface area contributed by atoms with Gasteiger partial charge < -0.3 is 20.9 Å². The molecule has 1 aliphatic carbocycles. The first-order valence-electron chi connectivity index (χ1n) is 8.86. The highest BCUT2D eigenvalue weighted by Gasteiger charge is 2.21. The zero-order valence-corrected chi connectivity index (χ0v) is 15.8. The summed E-state index contributed by atoms with van der Waals surface area (Å²) in [5.74, 6) is 2.35. The van der Waals surface area contributed by atoms with Crippen molar-refractivity contribution in [2.24, 2.45) is 11.7 Å². The summed E-state index contributed by atoms with van der Waals surface area (Å²) >= 11 is 1.58. The number of thiazole rings is 1. The number of nitrogens with zero attached hydrogens (tertiary/aromatic N) is 1. The van der Waals surface area contributed by atoms with Gasteiger partial charge >= 0.3 is 0 Å². The highest BCUT2D eigenvalue weighted by Crippen LogP contribution is 2.40. The molecule has 0 bridgehead atoms. The largest absolute Gasteiger partial charge is 0.496 e. The SMILES string of the molecule is COc1cc(-c2nc(N)sc2CCC2CCCC2)c(OC)cc1CN. The Morgan fingerprint density at radius 3 is 2.52 bits per heavy atom. The molecule has 2 aromatic rings. The maximum Gasteiger partial charge on any atom is 0.180 e. The minimum absolute atomic E-state index is 0.396. The van der Waals surface area contributed by atoms with Crippen LogP contribution in [0.25, 0.3) is 11.3 Å². The Hall–Kier alpha value is -1.79. The molecule has 0 spiro atoms. The molecule has 1 saturated carbocycles. The Labute approximate surface area is 153 Å². The summed E-state index contributed by atoms with van der Waals surface area (Å²) in [4.78, 5) is 5.82. The van der Waals surface area contributed by atoms with Crippen LogP contribution in [0.2, 0.25) is 0 Å². The number of aryl methyl sites for hydroxylation is 1. The third kappa shape index (κ3) is 3.90. The van der Waals surface area contributed by atoms with Crippen molar-refractivity contribution >= 4 is 16.5 Å². The predicted octanol–water partition coefficient (Wildman–Crippen LogP) is 3.99. The summed E-state index contributed by atoms with van der Waals surface area (Å²) in [6, 6.07) is 3.90. The number of nitrogens with two attached hydrogens (primary N) is 2. The van der Waals surface area contributed by atoms with Crippen molar-refractivity contribution in [2.45, 2.75) is 45.1 Å². The Bertz CT molecular complexity index is 724. The number of hydrogen-bond donors (Lipinski definition) is 2. The van der Waals surface area contributed by atoms with Gasteiger partial charge in [-0.3, -0.25) is 0 Å². The number of aromatic nitrogens is 1. The molecule has 0 atom stereocenters. The number of rotatable bonds is 7. The van der Waals surface area contributed by atoms with Crippen LogP contribution in [0.3, 0.4) is 0 Å². The van der Waals surface area contributed by atoms with Crippen LogP contribution in [0.5, 0.6) is 11.5 Å². The number of nitrogen functional groups attached to an aromatic ring is 1. The molecular formula is C19H27N3O2S. The van der Waals surface area contributed by atoms with Crippen molar-refractivity contribution in [3.63, 3.8) is 0 Å². The molecule has 1 aromatic carbocycles. The topological polar surface area (TPSA) is 83.4 Å². The fraction of sp³-hybridized carbons (Fsp3) is 0.526. The Morgan fingerprint density at radius 2 is 1.88 bits per heavy atom. The van der Waals surface area contributed by atoms with E-state index in [2.05, 4.69) is 4.98 Å². The highest BCUT2D eigenvalue weighted by molar-refractivity contribution is 7.15. The molecule has 5 nitrogen and oxygen atoms in total. The fourth-order valence-corrected chi connectivity index (χ4v) is 4.55. The summed E-state index contributed by atoms with van der Waals surface area (Å²) in [5.41, 5.74) is 14.6. The van der Waals surface area contributed by atoms with Gasteiger partial charge in [-0.2, -0.15) is 0 Å². The number of methoxy groups -OCH3 is 2. The third-order valence-electron chi connectivity index (χ3n) is 5.05. The summed E-state index contributed by atoms with van der Waals surface area (Å²) in [6.07, 6.45) is 7.66. The number of ether oxygens (including phenoxy) is 2. The molecule has 25 heavy (non-hydrogen) atoms. The van der Waals surface area contributed by atoms with Gasteiger partial charge in [-0.25, -0.2) is 4.98 Å². The summed E-state index contributed by atoms with van der Waals surface area (Å²) < 4.78 is 11.1. The number of hydrogen-bond acceptors (Lipinski definition) is 6. The van der Waals surface area contributed by atoms with Crippen molar-refractivity contribution in [1.29, 1.82) is 0 Å². The van der Waals surface area contributed by atoms with Crippen LogP contribution in [0.15, 0.2) is 12.1 Å². The monoisotopic (exact) mass is 361 g/mol. The maximum atomic E-state index is 6.03. The first kappa shape index (κ1) is 18.0. The lowest BCUT2D eigenvalue weighted by Crippen LogP contribution is -2.02. The first-order valence-corrected chi connectivity index (χ1v) is 9.68. The van der Waals surface area contributed by atoms with E-state index in [-0.39, 0.29) is 0 Å². The maximum absolute atomic E-state index is 6.03. The highest BCUT2D eigenvalue weighted by atomic mass is 32.1. The fourth-order valence-electron chi connectivity index (χ4n) is 3.69. The van der Waals surface area contributed by atoms with E-state index in [1.807, 2.05) is 12.1 Å². The Balaban J connectivity index is 1.95. The number of anilines is 1. The van der Waals surface area contributed by atoms with Gasteiger partial charge in [0.1, 0.15) is 11.5 Å². The van der Waals surface area contributed by atoms with Gasteiger partial charge in [-0.15, -0.1) is 11.3 Å². The molecule has 0 radical (unpaired) electrons. The van der Waals surface area contributed by atoms with Gasteiger partial charge in [0.15, 0.2) is 5.13 Å². The van der Waals surface area contributed by atoms with E-state index >= 15 is 0 Å². The second-order valence-electron chi connectivity index (χ2n) is 6.58. The standard InChI is InChI=1S/C19H27N3O2S/c1-23-15-10-14(16(24-2)9-13(15)11-20)18-17(25-19(21)22-18)8-7-12-5-3-4-6-12/h9-10,12H,3-8,11,20H2,1-2H3,(H2,21,22). The second-order valence-corrected chi connectivity index (χ2v) is 7.70. The molecule has 1 heterocycles. The van der Waals surface area contributed by atoms with Gasteiger partial charge in [0.25, 0.3) is 0 Å². The molecule has 0 amide bonds. The lowest BCUT2D eigenvalue weighted by atomic mass is 9.99. The van der Waals surface area contributed by atoms with Crippen molar-refractivity contribution < 1.29 is 9.47 Å². The van der Waals surface area contributed by atoms with E-state index in [1.54, 1.807) is 25.6 Å². The zero-order valence-electron chi connectivity index (χ0n) is 15.0. The minimum Gasteiger partial charge on any atom is -0.496 e. The smallest absolute Gasteiger partial charge is 0.180 e. The van der Waals surface area contributed by atoms with Crippen molar-refractivity contribution in [2.75, 3.05) is 20.0 Å². The first-order chi connectivity index (χ1) is 12.2. The van der Waals surface area contributed by atoms with Crippen LogP contribution < -0.4 is 20.9 Å². The lowest BCUT2D eigenvalue weighted by molar-refractivity contribution is 0.400. The molecule has 6 heteroatoms. The average Bonchev–Trinajstić information content (AvgIpc) is 3.27. The Kier molecular flexibility index (Phi) is 5.81. The molecule has 1 aromatic heterocycles. The molecule has 0 unspecified atom stereocenters. The van der Waals surface area contributed by atoms with Gasteiger partial charge in [0, 0.05) is 22.5 Å². The Morgan fingerprint density at radius 1 is 1.16 bits per heavy atom. The summed E-state index contributed by atoms with van der Waals surface area (Å²) in [7, 11) is 3.32. The third-order valence-corrected chi connectivity index (χ3v) is 5.99. The van der Waals surface area contributed by atoms with Gasteiger partial charge in [0.2, 0.25) is 0 Å². The molecular weight excluding hydrogens is 334 g/mol. The summed E-state index contributed by atoms with van der Waals surface area (Å²) in [5, 5.41) is 0.598. The van der Waals surface area contributed by atoms with Crippen molar-refractivity contribution in [3.05, 3.63) is 22.6 Å². The average molecular weight is 362 g/mol. The van der Waals surface area contributed by atoms with Crippen LogP contribution in [0, 0.1) is 5.92 Å². The molecule has 0 saturated heterocycles. The predicted molar refractivity (Wildman–Crippen MR) is 103 cm³/mol. The van der Waals surface area contributed by atoms with E-state index in [1.165, 1.54) is 37.0 Å².